The van der Waals surface area contributed by atoms with Gasteiger partial charge in [-0.2, -0.15) is 0 Å². The number of ketones is 4. The predicted octanol–water partition coefficient (Wildman–Crippen LogP) is 22.8. The Labute approximate surface area is 646 Å². The highest BCUT2D eigenvalue weighted by Gasteiger charge is 2.24. The molecule has 0 aromatic carbocycles. The maximum atomic E-state index is 11.4. The summed E-state index contributed by atoms with van der Waals surface area (Å²) in [6.45, 7) is 88.9. The molecule has 0 saturated heterocycles. The first-order valence-corrected chi connectivity index (χ1v) is 37.5. The van der Waals surface area contributed by atoms with Crippen molar-refractivity contribution in [2.45, 2.75) is 320 Å². The lowest BCUT2D eigenvalue weighted by Gasteiger charge is -2.26. The zero-order valence-corrected chi connectivity index (χ0v) is 75.2. The minimum absolute atomic E-state index is 0.00132. The summed E-state index contributed by atoms with van der Waals surface area (Å²) in [4.78, 5) is 103. The van der Waals surface area contributed by atoms with Gasteiger partial charge in [0.25, 0.3) is 0 Å². The van der Waals surface area contributed by atoms with Crippen molar-refractivity contribution in [1.29, 1.82) is 0 Å². The third-order valence-electron chi connectivity index (χ3n) is 13.4. The van der Waals surface area contributed by atoms with Crippen molar-refractivity contribution in [1.82, 2.24) is 9.80 Å². The Morgan fingerprint density at radius 1 is 0.390 bits per heavy atom. The van der Waals surface area contributed by atoms with Gasteiger partial charge in [-0.3, -0.25) is 24.0 Å². The summed E-state index contributed by atoms with van der Waals surface area (Å²) in [5.41, 5.74) is 3.48. The molecule has 0 fully saturated rings. The number of hydrogen-bond acceptors (Lipinski definition) is 14. The molecule has 0 aromatic rings. The van der Waals surface area contributed by atoms with Crippen molar-refractivity contribution in [3.8, 4) is 0 Å². The fourth-order valence-corrected chi connectivity index (χ4v) is 6.30. The molecule has 0 spiro atoms. The standard InChI is InChI=1S/C12H23NO.C11H21NO.C11H20O.C10H18O2.2C10H18O.2C9H16O2.C8H14O2/c1-12(2,3)9-8-11(14)7-6-10-13(4)5;1-6-10(13)12(7-2)9-8-11(3,4)5;1-9(2)8-10(12)6-7-11(3,4)5;1-6-7-9(11)12-8(2)10(3,4)5;1-8(2)6-9(11)7-10(3,4)5;1-5-6-9(11)7-8-10(2,3)4;1-6-8(10)11-7(2)9(3,4)5;1-5-6-8(10)11-7-9(2,3)4;1-5-7(9)10-6-8(2,3)4/h6-7H,8-10H2,1-5H3;6H,1,7-9H2,2-5H3;8H,6-7H2,1-5H3;6-8H,1-5H3;6H,7H2,1-5H3;5-6H,7-8H2,1-4H3;6-7H,1H2,2-5H3;5-6H,7H2,1-4H3;5H,1,6H2,2-4H3/b7-6+;;;7-6+;;6-5+;;6-5+;. The van der Waals surface area contributed by atoms with Gasteiger partial charge in [-0.05, 0) is 188 Å². The third-order valence-corrected chi connectivity index (χ3v) is 13.4. The number of esters is 4. The molecule has 2 unspecified atom stereocenters. The topological polar surface area (TPSA) is 197 Å². The Balaban J connectivity index is -0.000000141. The minimum atomic E-state index is -0.354. The van der Waals surface area contributed by atoms with Gasteiger partial charge in [-0.1, -0.05) is 242 Å². The highest BCUT2D eigenvalue weighted by Crippen LogP contribution is 2.26. The van der Waals surface area contributed by atoms with E-state index in [1.54, 1.807) is 56.4 Å². The highest BCUT2D eigenvalue weighted by molar-refractivity contribution is 5.91. The fourth-order valence-electron chi connectivity index (χ4n) is 6.30. The minimum Gasteiger partial charge on any atom is -0.462 e. The molecule has 0 aromatic heterocycles. The van der Waals surface area contributed by atoms with E-state index in [4.69, 9.17) is 18.9 Å². The molecule has 0 saturated carbocycles. The molecule has 1 amide bonds. The first-order valence-electron chi connectivity index (χ1n) is 37.5. The fraction of sp³-hybridized carbons (Fsp3) is 0.700. The number of rotatable bonds is 25. The van der Waals surface area contributed by atoms with Crippen molar-refractivity contribution < 1.29 is 62.1 Å². The van der Waals surface area contributed by atoms with Gasteiger partial charge >= 0.3 is 23.9 Å². The Kier molecular flexibility index (Phi) is 67.6. The number of amides is 1. The number of carbonyl (C=O) groups is 9. The molecule has 612 valence electrons. The molecule has 15 heteroatoms. The Bertz CT molecular complexity index is 2600. The molecule has 0 N–H and O–H groups in total. The second-order valence-electron chi connectivity index (χ2n) is 37.5. The predicted molar refractivity (Wildman–Crippen MR) is 449 cm³/mol. The van der Waals surface area contributed by atoms with Crippen LogP contribution < -0.4 is 0 Å². The van der Waals surface area contributed by atoms with E-state index in [1.807, 2.05) is 168 Å². The monoisotopic (exact) mass is 1480 g/mol. The van der Waals surface area contributed by atoms with Gasteiger partial charge in [0.05, 0.1) is 13.2 Å². The Morgan fingerprint density at radius 3 is 1.00 bits per heavy atom. The van der Waals surface area contributed by atoms with Crippen LogP contribution in [0.5, 0.6) is 0 Å². The van der Waals surface area contributed by atoms with E-state index < -0.39 is 0 Å². The van der Waals surface area contributed by atoms with Crippen LogP contribution in [0.4, 0.5) is 0 Å². The van der Waals surface area contributed by atoms with Crippen LogP contribution in [-0.4, -0.2) is 122 Å². The molecule has 0 bridgehead atoms. The van der Waals surface area contributed by atoms with Gasteiger partial charge in [0.15, 0.2) is 23.1 Å². The van der Waals surface area contributed by atoms with Crippen molar-refractivity contribution in [2.75, 3.05) is 46.9 Å². The van der Waals surface area contributed by atoms with E-state index in [1.165, 1.54) is 30.4 Å². The number of likely N-dealkylation sites (N-methyl/N-ethyl adjacent to an activating group) is 2. The highest BCUT2D eigenvalue weighted by atomic mass is 16.6. The van der Waals surface area contributed by atoms with E-state index in [9.17, 15) is 43.2 Å². The van der Waals surface area contributed by atoms with Gasteiger partial charge in [0.2, 0.25) is 5.91 Å². The van der Waals surface area contributed by atoms with Gasteiger partial charge < -0.3 is 28.7 Å². The molecule has 15 nitrogen and oxygen atoms in total. The molecular formula is C90H164N2O13. The molecule has 2 atom stereocenters. The van der Waals surface area contributed by atoms with E-state index in [0.717, 1.165) is 56.5 Å². The Morgan fingerprint density at radius 2 is 0.714 bits per heavy atom. The second kappa shape index (κ2) is 60.6. The maximum Gasteiger partial charge on any atom is 0.330 e. The summed E-state index contributed by atoms with van der Waals surface area (Å²) < 4.78 is 19.9. The molecule has 0 radical (unpaired) electrons. The van der Waals surface area contributed by atoms with E-state index >= 15 is 0 Å². The van der Waals surface area contributed by atoms with Crippen LogP contribution in [-0.2, 0) is 62.1 Å². The van der Waals surface area contributed by atoms with Crippen LogP contribution in [0.1, 0.15) is 308 Å². The zero-order chi connectivity index (χ0) is 85.4. The van der Waals surface area contributed by atoms with Crippen LogP contribution in [0.3, 0.4) is 0 Å². The lowest BCUT2D eigenvalue weighted by Crippen LogP contribution is -2.32. The number of carbonyl (C=O) groups excluding carboxylic acids is 9. The van der Waals surface area contributed by atoms with E-state index in [2.05, 4.69) is 124 Å². The Hall–Kier alpha value is -6.35. The lowest BCUT2D eigenvalue weighted by molar-refractivity contribution is -0.147. The van der Waals surface area contributed by atoms with Crippen LogP contribution in [0.2, 0.25) is 0 Å². The van der Waals surface area contributed by atoms with Crippen LogP contribution in [0, 0.1) is 48.7 Å². The molecular weight excluding hydrogens is 1320 g/mol. The van der Waals surface area contributed by atoms with Crippen molar-refractivity contribution in [3.05, 3.63) is 110 Å². The lowest BCUT2D eigenvalue weighted by atomic mass is 9.89. The first-order chi connectivity index (χ1) is 46.9. The smallest absolute Gasteiger partial charge is 0.330 e. The third kappa shape index (κ3) is 111. The van der Waals surface area contributed by atoms with Crippen LogP contribution >= 0.6 is 0 Å². The molecule has 105 heavy (non-hydrogen) atoms. The summed E-state index contributed by atoms with van der Waals surface area (Å²) in [6.07, 6.45) is 26.9. The molecule has 0 rings (SSSR count). The van der Waals surface area contributed by atoms with Crippen LogP contribution in [0.15, 0.2) is 110 Å². The van der Waals surface area contributed by atoms with Crippen molar-refractivity contribution >= 4 is 52.9 Å². The maximum absolute atomic E-state index is 11.4. The van der Waals surface area contributed by atoms with E-state index in [-0.39, 0.29) is 114 Å². The van der Waals surface area contributed by atoms with Gasteiger partial charge in [-0.25, -0.2) is 19.2 Å². The van der Waals surface area contributed by atoms with Gasteiger partial charge in [0, 0.05) is 69.6 Å². The van der Waals surface area contributed by atoms with E-state index in [0.29, 0.717) is 38.9 Å². The zero-order valence-electron chi connectivity index (χ0n) is 75.2. The molecule has 0 aliphatic heterocycles. The summed E-state index contributed by atoms with van der Waals surface area (Å²) in [5.74, 6) is -0.233. The van der Waals surface area contributed by atoms with Crippen molar-refractivity contribution in [3.63, 3.8) is 0 Å². The summed E-state index contributed by atoms with van der Waals surface area (Å²) in [5, 5.41) is 0. The first kappa shape index (κ1) is 117. The molecule has 0 aliphatic carbocycles. The van der Waals surface area contributed by atoms with Crippen molar-refractivity contribution in [2.24, 2.45) is 48.7 Å². The van der Waals surface area contributed by atoms with Gasteiger partial charge in [-0.15, -0.1) is 0 Å². The number of allylic oxidation sites excluding steroid dienone is 9. The summed E-state index contributed by atoms with van der Waals surface area (Å²) >= 11 is 0. The largest absolute Gasteiger partial charge is 0.462 e. The number of nitrogens with zero attached hydrogens (tertiary/aromatic N) is 2. The normalized spacial score (nSPS) is 12.2. The average Bonchev–Trinajstić information content (AvgIpc) is 0.916. The average molecular weight is 1480 g/mol. The number of hydrogen-bond donors (Lipinski definition) is 0. The molecule has 0 heterocycles. The van der Waals surface area contributed by atoms with Gasteiger partial charge in [0.1, 0.15) is 12.2 Å². The van der Waals surface area contributed by atoms with Crippen LogP contribution in [0.25, 0.3) is 0 Å². The molecule has 0 aliphatic rings. The number of ether oxygens (including phenoxy) is 4. The summed E-state index contributed by atoms with van der Waals surface area (Å²) in [6, 6.07) is 0. The quantitative estimate of drug-likeness (QED) is 0.0475. The SMILES string of the molecule is C/C=C/C(=O)CCC(C)(C)C.C/C=C/C(=O)OC(C)C(C)(C)C.C/C=C/C(=O)OCC(C)(C)C.C=CC(=O)N(CC)CCC(C)(C)C.C=CC(=O)OC(C)C(C)(C)C.C=CC(=O)OCC(C)(C)C.CC(C)=CC(=O)CC(C)(C)C.CC(C)=CC(=O)CCC(C)(C)C.CN(C)C/C=C/C(=O)CCC(C)(C)C. The second-order valence-corrected chi connectivity index (χ2v) is 37.5. The summed E-state index contributed by atoms with van der Waals surface area (Å²) in [7, 11) is 3.98.